The molecular weight excluding hydrogens is 243 g/mol. The van der Waals surface area contributed by atoms with Crippen LogP contribution in [-0.4, -0.2) is 17.0 Å². The third kappa shape index (κ3) is 1.69. The van der Waals surface area contributed by atoms with Gasteiger partial charge in [0.2, 0.25) is 5.95 Å². The van der Waals surface area contributed by atoms with Crippen LogP contribution >= 0.6 is 22.9 Å². The van der Waals surface area contributed by atoms with Crippen LogP contribution < -0.4 is 8.85 Å². The molecule has 0 saturated heterocycles. The zero-order valence-corrected chi connectivity index (χ0v) is 7.58. The molecular formula is C5H7IN4. The van der Waals surface area contributed by atoms with Crippen LogP contribution in [-0.2, 0) is 0 Å². The lowest BCUT2D eigenvalue weighted by Crippen LogP contribution is -1.95. The van der Waals surface area contributed by atoms with Gasteiger partial charge < -0.3 is 5.32 Å². The van der Waals surface area contributed by atoms with Crippen LogP contribution in [0.5, 0.6) is 0 Å². The van der Waals surface area contributed by atoms with Crippen molar-refractivity contribution in [2.24, 2.45) is 0 Å². The number of nitrogens with one attached hydrogen (secondary N) is 2. The minimum atomic E-state index is 0.618. The molecule has 0 radical (unpaired) electrons. The Kier molecular flexibility index (Phi) is 2.67. The summed E-state index contributed by atoms with van der Waals surface area (Å²) in [6.45, 7) is 0. The van der Waals surface area contributed by atoms with Crippen LogP contribution in [0.1, 0.15) is 0 Å². The Morgan fingerprint density at radius 2 is 2.40 bits per heavy atom. The summed E-state index contributed by atoms with van der Waals surface area (Å²) in [6, 6.07) is 1.80. The molecule has 0 saturated carbocycles. The molecule has 0 bridgehead atoms. The van der Waals surface area contributed by atoms with Gasteiger partial charge in [-0.1, -0.05) is 0 Å². The van der Waals surface area contributed by atoms with Crippen molar-refractivity contribution in [3.05, 3.63) is 12.3 Å². The van der Waals surface area contributed by atoms with E-state index in [1.807, 2.05) is 29.9 Å². The molecule has 2 N–H and O–H groups in total. The summed E-state index contributed by atoms with van der Waals surface area (Å²) in [6.07, 6.45) is 1.69. The van der Waals surface area contributed by atoms with Crippen molar-refractivity contribution in [1.82, 2.24) is 9.97 Å². The highest BCUT2D eigenvalue weighted by Crippen LogP contribution is 2.05. The Labute approximate surface area is 73.0 Å². The molecule has 0 aliphatic heterocycles. The molecule has 0 amide bonds. The molecule has 1 heterocycles. The van der Waals surface area contributed by atoms with E-state index in [1.54, 1.807) is 12.3 Å². The zero-order chi connectivity index (χ0) is 7.40. The van der Waals surface area contributed by atoms with Gasteiger partial charge in [0.1, 0.15) is 5.82 Å². The number of nitrogens with zero attached hydrogens (tertiary/aromatic N) is 2. The fourth-order valence-corrected chi connectivity index (χ4v) is 0.803. The van der Waals surface area contributed by atoms with Crippen LogP contribution in [0.25, 0.3) is 0 Å². The quantitative estimate of drug-likeness (QED) is 0.613. The monoisotopic (exact) mass is 250 g/mol. The molecule has 1 aromatic heterocycles. The maximum Gasteiger partial charge on any atom is 0.233 e. The summed E-state index contributed by atoms with van der Waals surface area (Å²) in [4.78, 5) is 8.00. The van der Waals surface area contributed by atoms with Gasteiger partial charge in [0, 0.05) is 13.2 Å². The van der Waals surface area contributed by atoms with E-state index in [-0.39, 0.29) is 0 Å². The summed E-state index contributed by atoms with van der Waals surface area (Å²) < 4.78 is 2.81. The van der Waals surface area contributed by atoms with Crippen LogP contribution in [0.15, 0.2) is 12.3 Å². The van der Waals surface area contributed by atoms with Crippen molar-refractivity contribution >= 4 is 34.6 Å². The molecule has 54 valence electrons. The van der Waals surface area contributed by atoms with Gasteiger partial charge in [-0.05, 0) is 6.07 Å². The average Bonchev–Trinajstić information content (AvgIpc) is 2.05. The maximum absolute atomic E-state index is 4.07. The van der Waals surface area contributed by atoms with Gasteiger partial charge >= 0.3 is 0 Å². The van der Waals surface area contributed by atoms with Crippen LogP contribution in [0.3, 0.4) is 0 Å². The van der Waals surface area contributed by atoms with Gasteiger partial charge in [0.05, 0.1) is 22.9 Å². The number of anilines is 2. The lowest BCUT2D eigenvalue weighted by atomic mass is 10.6. The van der Waals surface area contributed by atoms with E-state index in [1.165, 1.54) is 0 Å². The fourth-order valence-electron chi connectivity index (χ4n) is 0.543. The molecule has 0 spiro atoms. The van der Waals surface area contributed by atoms with Gasteiger partial charge in [-0.15, -0.1) is 0 Å². The number of hydrogen-bond acceptors (Lipinski definition) is 4. The van der Waals surface area contributed by atoms with Crippen molar-refractivity contribution < 1.29 is 0 Å². The lowest BCUT2D eigenvalue weighted by molar-refractivity contribution is 1.18. The van der Waals surface area contributed by atoms with Crippen molar-refractivity contribution in [2.45, 2.75) is 0 Å². The van der Waals surface area contributed by atoms with Gasteiger partial charge in [0.25, 0.3) is 0 Å². The normalized spacial score (nSPS) is 9.00. The van der Waals surface area contributed by atoms with Crippen molar-refractivity contribution in [3.8, 4) is 0 Å². The molecule has 0 aliphatic carbocycles. The van der Waals surface area contributed by atoms with E-state index < -0.39 is 0 Å². The first-order valence-electron chi connectivity index (χ1n) is 2.74. The predicted molar refractivity (Wildman–Crippen MR) is 49.2 cm³/mol. The molecule has 0 fully saturated rings. The second-order valence-corrected chi connectivity index (χ2v) is 2.15. The van der Waals surface area contributed by atoms with E-state index >= 15 is 0 Å². The molecule has 0 atom stereocenters. The Bertz CT molecular complexity index is 195. The molecule has 1 rings (SSSR count). The van der Waals surface area contributed by atoms with Crippen molar-refractivity contribution in [1.29, 1.82) is 0 Å². The second kappa shape index (κ2) is 3.55. The van der Waals surface area contributed by atoms with Crippen LogP contribution in [0, 0.1) is 0 Å². The largest absolute Gasteiger partial charge is 0.373 e. The third-order valence-corrected chi connectivity index (χ3v) is 1.48. The van der Waals surface area contributed by atoms with Gasteiger partial charge in [-0.2, -0.15) is 4.98 Å². The highest BCUT2D eigenvalue weighted by atomic mass is 127. The smallest absolute Gasteiger partial charge is 0.233 e. The predicted octanol–water partition coefficient (Wildman–Crippen LogP) is 1.28. The highest BCUT2D eigenvalue weighted by molar-refractivity contribution is 14.1. The first kappa shape index (κ1) is 7.52. The minimum Gasteiger partial charge on any atom is -0.373 e. The Balaban J connectivity index is 2.87. The SMILES string of the molecule is CNc1ccnc(NI)n1. The Morgan fingerprint density at radius 3 is 3.00 bits per heavy atom. The molecule has 1 aromatic rings. The van der Waals surface area contributed by atoms with E-state index in [2.05, 4.69) is 18.8 Å². The maximum atomic E-state index is 4.07. The van der Waals surface area contributed by atoms with Gasteiger partial charge in [-0.25, -0.2) is 4.98 Å². The first-order chi connectivity index (χ1) is 4.86. The topological polar surface area (TPSA) is 49.8 Å². The van der Waals surface area contributed by atoms with E-state index in [4.69, 9.17) is 0 Å². The van der Waals surface area contributed by atoms with E-state index in [0.29, 0.717) is 5.95 Å². The first-order valence-corrected chi connectivity index (χ1v) is 3.82. The zero-order valence-electron chi connectivity index (χ0n) is 5.43. The summed E-state index contributed by atoms with van der Waals surface area (Å²) in [5, 5.41) is 2.91. The average molecular weight is 250 g/mol. The van der Waals surface area contributed by atoms with Crippen LogP contribution in [0.2, 0.25) is 0 Å². The standard InChI is InChI=1S/C5H7IN4/c1-7-4-2-3-8-5(9-4)10-6/h2-3H,1H3,(H2,7,8,9,10). The van der Waals surface area contributed by atoms with Crippen LogP contribution in [0.4, 0.5) is 11.8 Å². The Morgan fingerprint density at radius 1 is 1.60 bits per heavy atom. The number of hydrogen-bond donors (Lipinski definition) is 2. The van der Waals surface area contributed by atoms with Gasteiger partial charge in [0.15, 0.2) is 0 Å². The van der Waals surface area contributed by atoms with E-state index in [0.717, 1.165) is 5.82 Å². The highest BCUT2D eigenvalue weighted by Gasteiger charge is 1.92. The molecule has 0 aliphatic rings. The number of aromatic nitrogens is 2. The number of rotatable bonds is 2. The molecule has 0 aromatic carbocycles. The summed E-state index contributed by atoms with van der Waals surface area (Å²) >= 11 is 1.98. The van der Waals surface area contributed by atoms with Crippen molar-refractivity contribution in [3.63, 3.8) is 0 Å². The lowest BCUT2D eigenvalue weighted by Gasteiger charge is -1.98. The second-order valence-electron chi connectivity index (χ2n) is 1.61. The Hall–Kier alpha value is -0.590. The fraction of sp³-hybridized carbons (Fsp3) is 0.200. The van der Waals surface area contributed by atoms with Gasteiger partial charge in [-0.3, -0.25) is 3.53 Å². The molecule has 0 unspecified atom stereocenters. The molecule has 4 nitrogen and oxygen atoms in total. The minimum absolute atomic E-state index is 0.618. The molecule has 5 heteroatoms. The summed E-state index contributed by atoms with van der Waals surface area (Å²) in [5.74, 6) is 1.43. The van der Waals surface area contributed by atoms with Crippen molar-refractivity contribution in [2.75, 3.05) is 15.9 Å². The summed E-state index contributed by atoms with van der Waals surface area (Å²) in [5.41, 5.74) is 0. The number of halogens is 1. The third-order valence-electron chi connectivity index (χ3n) is 0.996. The summed E-state index contributed by atoms with van der Waals surface area (Å²) in [7, 11) is 1.82. The molecule has 10 heavy (non-hydrogen) atoms. The van der Waals surface area contributed by atoms with E-state index in [9.17, 15) is 0 Å².